The molecule has 0 aliphatic heterocycles. The minimum absolute atomic E-state index is 0.00655. The second-order valence-corrected chi connectivity index (χ2v) is 4.74. The zero-order valence-electron chi connectivity index (χ0n) is 9.93. The second-order valence-electron chi connectivity index (χ2n) is 4.74. The molecule has 0 N–H and O–H groups in total. The molecule has 0 amide bonds. The zero-order chi connectivity index (χ0) is 11.7. The van der Waals surface area contributed by atoms with Gasteiger partial charge in [0.2, 0.25) is 0 Å². The van der Waals surface area contributed by atoms with Crippen molar-refractivity contribution in [3.8, 4) is 0 Å². The molecule has 1 atom stereocenters. The van der Waals surface area contributed by atoms with Crippen LogP contribution >= 0.6 is 0 Å². The molecule has 0 saturated carbocycles. The summed E-state index contributed by atoms with van der Waals surface area (Å²) in [7, 11) is 0. The summed E-state index contributed by atoms with van der Waals surface area (Å²) in [6.45, 7) is 2.28. The van der Waals surface area contributed by atoms with E-state index in [0.717, 1.165) is 12.1 Å². The molecule has 17 heavy (non-hydrogen) atoms. The maximum Gasteiger partial charge on any atom is 0.0509 e. The first kappa shape index (κ1) is 10.3. The third kappa shape index (κ3) is 1.59. The van der Waals surface area contributed by atoms with E-state index in [1.54, 1.807) is 0 Å². The van der Waals surface area contributed by atoms with E-state index in [1.807, 2.05) is 12.3 Å². The Bertz CT molecular complexity index is 557. The first-order valence-corrected chi connectivity index (χ1v) is 5.98. The highest BCUT2D eigenvalue weighted by molar-refractivity contribution is 5.61. The number of hydrogen-bond acceptors (Lipinski definition) is 1. The lowest BCUT2D eigenvalue weighted by molar-refractivity contribution is 0.555. The monoisotopic (exact) mass is 221 g/mol. The Balaban J connectivity index is 2.19. The van der Waals surface area contributed by atoms with Crippen LogP contribution in [-0.2, 0) is 5.41 Å². The lowest BCUT2D eigenvalue weighted by Crippen LogP contribution is -2.26. The van der Waals surface area contributed by atoms with Crippen LogP contribution in [0.5, 0.6) is 0 Å². The van der Waals surface area contributed by atoms with Crippen molar-refractivity contribution < 1.29 is 0 Å². The normalized spacial score (nSPS) is 22.2. The van der Waals surface area contributed by atoms with E-state index in [-0.39, 0.29) is 5.41 Å². The van der Waals surface area contributed by atoms with Crippen LogP contribution in [-0.4, -0.2) is 4.98 Å². The topological polar surface area (TPSA) is 12.9 Å². The Morgan fingerprint density at radius 3 is 2.71 bits per heavy atom. The number of fused-ring (bicyclic) bond motifs is 1. The number of allylic oxidation sites excluding steroid dienone is 1. The Hall–Kier alpha value is -1.89. The Morgan fingerprint density at radius 1 is 1.06 bits per heavy atom. The average Bonchev–Trinajstić information content (AvgIpc) is 2.40. The number of hydrogen-bond donors (Lipinski definition) is 0. The van der Waals surface area contributed by atoms with Crippen LogP contribution in [0.1, 0.15) is 30.2 Å². The molecule has 84 valence electrons. The fraction of sp³-hybridized carbons (Fsp3) is 0.188. The van der Waals surface area contributed by atoms with Crippen LogP contribution in [0.15, 0.2) is 54.7 Å². The third-order valence-corrected chi connectivity index (χ3v) is 3.61. The van der Waals surface area contributed by atoms with Crippen molar-refractivity contribution in [2.45, 2.75) is 18.8 Å². The van der Waals surface area contributed by atoms with Gasteiger partial charge in [-0.1, -0.05) is 42.5 Å². The van der Waals surface area contributed by atoms with Crippen molar-refractivity contribution in [1.82, 2.24) is 4.98 Å². The number of aromatic nitrogens is 1. The summed E-state index contributed by atoms with van der Waals surface area (Å²) in [5.41, 5.74) is 3.84. The van der Waals surface area contributed by atoms with Gasteiger partial charge >= 0.3 is 0 Å². The Labute approximate surface area is 102 Å². The van der Waals surface area contributed by atoms with Gasteiger partial charge in [0.1, 0.15) is 0 Å². The highest BCUT2D eigenvalue weighted by Crippen LogP contribution is 2.39. The molecule has 0 radical (unpaired) electrons. The van der Waals surface area contributed by atoms with Crippen molar-refractivity contribution >= 4 is 6.08 Å². The van der Waals surface area contributed by atoms with Crippen molar-refractivity contribution in [3.05, 3.63) is 71.6 Å². The summed E-state index contributed by atoms with van der Waals surface area (Å²) in [5.74, 6) is 0. The van der Waals surface area contributed by atoms with Crippen LogP contribution in [0, 0.1) is 0 Å². The largest absolute Gasteiger partial charge is 0.260 e. The molecule has 1 aromatic carbocycles. The zero-order valence-corrected chi connectivity index (χ0v) is 9.93. The summed E-state index contributed by atoms with van der Waals surface area (Å²) in [4.78, 5) is 4.54. The van der Waals surface area contributed by atoms with Crippen LogP contribution in [0.2, 0.25) is 0 Å². The van der Waals surface area contributed by atoms with Crippen molar-refractivity contribution in [3.63, 3.8) is 0 Å². The van der Waals surface area contributed by atoms with Gasteiger partial charge in [-0.15, -0.1) is 0 Å². The van der Waals surface area contributed by atoms with Gasteiger partial charge < -0.3 is 0 Å². The Morgan fingerprint density at radius 2 is 1.88 bits per heavy atom. The minimum Gasteiger partial charge on any atom is -0.260 e. The van der Waals surface area contributed by atoms with Gasteiger partial charge in [0.25, 0.3) is 0 Å². The minimum atomic E-state index is 0.00655. The van der Waals surface area contributed by atoms with E-state index in [9.17, 15) is 0 Å². The molecule has 1 heteroatoms. The smallest absolute Gasteiger partial charge is 0.0509 e. The maximum atomic E-state index is 4.54. The summed E-state index contributed by atoms with van der Waals surface area (Å²) in [6.07, 6.45) is 7.35. The summed E-state index contributed by atoms with van der Waals surface area (Å²) < 4.78 is 0. The van der Waals surface area contributed by atoms with Gasteiger partial charge in [0.15, 0.2) is 0 Å². The van der Waals surface area contributed by atoms with Crippen LogP contribution in [0.3, 0.4) is 0 Å². The van der Waals surface area contributed by atoms with Crippen molar-refractivity contribution in [2.75, 3.05) is 0 Å². The van der Waals surface area contributed by atoms with Gasteiger partial charge in [-0.05, 0) is 36.6 Å². The second kappa shape index (κ2) is 3.85. The molecule has 1 aliphatic rings. The fourth-order valence-electron chi connectivity index (χ4n) is 2.61. The first-order valence-electron chi connectivity index (χ1n) is 5.98. The van der Waals surface area contributed by atoms with Crippen LogP contribution in [0.25, 0.3) is 6.08 Å². The molecule has 0 spiro atoms. The molecule has 3 rings (SSSR count). The van der Waals surface area contributed by atoms with Crippen LogP contribution in [0.4, 0.5) is 0 Å². The number of rotatable bonds is 1. The Kier molecular flexibility index (Phi) is 2.32. The quantitative estimate of drug-likeness (QED) is 0.713. The molecule has 0 saturated heterocycles. The molecule has 0 bridgehead atoms. The van der Waals surface area contributed by atoms with Crippen molar-refractivity contribution in [1.29, 1.82) is 0 Å². The van der Waals surface area contributed by atoms with Crippen LogP contribution < -0.4 is 0 Å². The van der Waals surface area contributed by atoms with E-state index in [2.05, 4.69) is 60.5 Å². The molecule has 0 fully saturated rings. The predicted octanol–water partition coefficient (Wildman–Crippen LogP) is 3.80. The van der Waals surface area contributed by atoms with Gasteiger partial charge in [-0.3, -0.25) is 4.98 Å². The molecule has 1 nitrogen and oxygen atoms in total. The SMILES string of the molecule is CC1(c2ccccn2)CC=Cc2ccccc21. The lowest BCUT2D eigenvalue weighted by Gasteiger charge is -2.32. The predicted molar refractivity (Wildman–Crippen MR) is 70.8 cm³/mol. The van der Waals surface area contributed by atoms with Gasteiger partial charge in [0.05, 0.1) is 5.69 Å². The number of pyridine rings is 1. The third-order valence-electron chi connectivity index (χ3n) is 3.61. The van der Waals surface area contributed by atoms with Crippen molar-refractivity contribution in [2.24, 2.45) is 0 Å². The standard InChI is InChI=1S/C16H15N/c1-16(15-10-4-5-12-17-15)11-6-8-13-7-2-3-9-14(13)16/h2-10,12H,11H2,1H3. The molecule has 1 heterocycles. The molecule has 1 aliphatic carbocycles. The summed E-state index contributed by atoms with van der Waals surface area (Å²) in [5, 5.41) is 0. The van der Waals surface area contributed by atoms with Gasteiger partial charge in [-0.2, -0.15) is 0 Å². The fourth-order valence-corrected chi connectivity index (χ4v) is 2.61. The highest BCUT2D eigenvalue weighted by Gasteiger charge is 2.32. The van der Waals surface area contributed by atoms with Gasteiger partial charge in [0, 0.05) is 11.6 Å². The average molecular weight is 221 g/mol. The first-order chi connectivity index (χ1) is 8.31. The van der Waals surface area contributed by atoms with E-state index in [4.69, 9.17) is 0 Å². The summed E-state index contributed by atoms with van der Waals surface area (Å²) in [6, 6.07) is 14.7. The van der Waals surface area contributed by atoms with E-state index in [1.165, 1.54) is 11.1 Å². The van der Waals surface area contributed by atoms with E-state index in [0.29, 0.717) is 0 Å². The molecular weight excluding hydrogens is 206 g/mol. The maximum absolute atomic E-state index is 4.54. The molecule has 2 aromatic rings. The molecule has 1 unspecified atom stereocenters. The number of benzene rings is 1. The summed E-state index contributed by atoms with van der Waals surface area (Å²) >= 11 is 0. The van der Waals surface area contributed by atoms with E-state index >= 15 is 0 Å². The lowest BCUT2D eigenvalue weighted by atomic mass is 9.72. The number of nitrogens with zero attached hydrogens (tertiary/aromatic N) is 1. The molecular formula is C16H15N. The highest BCUT2D eigenvalue weighted by atomic mass is 14.7. The van der Waals surface area contributed by atoms with Gasteiger partial charge in [-0.25, -0.2) is 0 Å². The molecule has 1 aromatic heterocycles. The van der Waals surface area contributed by atoms with E-state index < -0.39 is 0 Å².